The first kappa shape index (κ1) is 29.9. The minimum Gasteiger partial charge on any atom is -0.454 e. The highest BCUT2D eigenvalue weighted by atomic mass is 79.9. The summed E-state index contributed by atoms with van der Waals surface area (Å²) in [6.45, 7) is 5.55. The molecule has 2 fully saturated rings. The number of esters is 1. The van der Waals surface area contributed by atoms with Gasteiger partial charge in [0.2, 0.25) is 11.8 Å². The van der Waals surface area contributed by atoms with Crippen LogP contribution in [-0.2, 0) is 20.7 Å². The van der Waals surface area contributed by atoms with E-state index >= 15 is 0 Å². The number of nitrogens with zero attached hydrogens (tertiary/aromatic N) is 2. The number of aromatic nitrogens is 1. The molecule has 1 saturated heterocycles. The minimum absolute atomic E-state index is 0.116. The highest BCUT2D eigenvalue weighted by molar-refractivity contribution is 9.10. The van der Waals surface area contributed by atoms with Crippen LogP contribution in [0.25, 0.3) is 22.2 Å². The van der Waals surface area contributed by atoms with Crippen LogP contribution in [-0.4, -0.2) is 35.2 Å². The lowest BCUT2D eigenvalue weighted by Gasteiger charge is -2.19. The summed E-state index contributed by atoms with van der Waals surface area (Å²) in [5.74, 6) is -1.58. The summed E-state index contributed by atoms with van der Waals surface area (Å²) in [4.78, 5) is 58.9. The average Bonchev–Trinajstić information content (AvgIpc) is 3.29. The molecule has 1 aliphatic heterocycles. The maximum absolute atomic E-state index is 13.5. The fraction of sp³-hybridized carbons (Fsp3) is 0.306. The second kappa shape index (κ2) is 12.1. The summed E-state index contributed by atoms with van der Waals surface area (Å²) in [5, 5.41) is 0.621. The summed E-state index contributed by atoms with van der Waals surface area (Å²) in [6.07, 6.45) is 4.15. The van der Waals surface area contributed by atoms with Gasteiger partial charge in [-0.1, -0.05) is 60.0 Å². The van der Waals surface area contributed by atoms with Gasteiger partial charge in [-0.15, -0.1) is 0 Å². The molecule has 0 radical (unpaired) electrons. The number of carbonyl (C=O) groups excluding carboxylic acids is 4. The lowest BCUT2D eigenvalue weighted by Crippen LogP contribution is -2.30. The van der Waals surface area contributed by atoms with Gasteiger partial charge in [-0.2, -0.15) is 0 Å². The van der Waals surface area contributed by atoms with Gasteiger partial charge in [0.05, 0.1) is 34.3 Å². The van der Waals surface area contributed by atoms with E-state index in [0.29, 0.717) is 39.8 Å². The SMILES string of the molecule is CCc1cc(Br)cc2c(C(=O)OCC(=O)c3ccc(C)c(C)c3)cc(-c3ccc(N4C(=O)C5CCCCC5C4=O)cc3)nc12. The number of rotatable bonds is 7. The number of halogens is 1. The van der Waals surface area contributed by atoms with Crippen LogP contribution in [0.2, 0.25) is 0 Å². The third kappa shape index (κ3) is 5.47. The zero-order chi connectivity index (χ0) is 31.1. The normalized spacial score (nSPS) is 18.0. The predicted molar refractivity (Wildman–Crippen MR) is 173 cm³/mol. The molecule has 2 amide bonds. The van der Waals surface area contributed by atoms with Gasteiger partial charge in [-0.3, -0.25) is 19.3 Å². The standard InChI is InChI=1S/C36H33BrN2O5/c1-4-22-16-25(37)17-29-30(36(43)44-19-32(40)24-10-9-20(2)21(3)15-24)18-31(38-33(22)29)23-11-13-26(14-12-23)39-34(41)27-7-5-6-8-28(27)35(39)42/h9-18,27-28H,4-8,19H2,1-3H3. The van der Waals surface area contributed by atoms with E-state index in [4.69, 9.17) is 9.72 Å². The number of hydrogen-bond donors (Lipinski definition) is 0. The second-order valence-corrected chi connectivity index (χ2v) is 12.6. The van der Waals surface area contributed by atoms with Gasteiger partial charge in [-0.25, -0.2) is 9.78 Å². The van der Waals surface area contributed by atoms with Crippen molar-refractivity contribution in [1.82, 2.24) is 4.98 Å². The molecular formula is C36H33BrN2O5. The number of imide groups is 1. The van der Waals surface area contributed by atoms with Crippen LogP contribution in [0, 0.1) is 25.7 Å². The summed E-state index contributed by atoms with van der Waals surface area (Å²) in [7, 11) is 0. The Balaban J connectivity index is 1.32. The second-order valence-electron chi connectivity index (χ2n) is 11.7. The maximum atomic E-state index is 13.5. The fourth-order valence-corrected chi connectivity index (χ4v) is 6.86. The van der Waals surface area contributed by atoms with Crippen molar-refractivity contribution in [3.63, 3.8) is 0 Å². The minimum atomic E-state index is -0.622. The molecule has 0 N–H and O–H groups in total. The van der Waals surface area contributed by atoms with Gasteiger partial charge >= 0.3 is 5.97 Å². The Kier molecular flexibility index (Phi) is 8.20. The van der Waals surface area contributed by atoms with E-state index < -0.39 is 5.97 Å². The Morgan fingerprint density at radius 3 is 2.23 bits per heavy atom. The van der Waals surface area contributed by atoms with E-state index in [9.17, 15) is 19.2 Å². The number of carbonyl (C=O) groups is 4. The zero-order valence-electron chi connectivity index (χ0n) is 25.0. The van der Waals surface area contributed by atoms with Gasteiger partial charge in [0.25, 0.3) is 0 Å². The number of ketones is 1. The zero-order valence-corrected chi connectivity index (χ0v) is 26.6. The third-order valence-electron chi connectivity index (χ3n) is 8.98. The number of ether oxygens (including phenoxy) is 1. The molecule has 4 aromatic rings. The monoisotopic (exact) mass is 652 g/mol. The molecule has 3 aromatic carbocycles. The molecule has 1 saturated carbocycles. The Bertz CT molecular complexity index is 1810. The van der Waals surface area contributed by atoms with Gasteiger partial charge in [0.15, 0.2) is 12.4 Å². The highest BCUT2D eigenvalue weighted by Crippen LogP contribution is 2.40. The number of aryl methyl sites for hydroxylation is 3. The Morgan fingerprint density at radius 2 is 1.59 bits per heavy atom. The predicted octanol–water partition coefficient (Wildman–Crippen LogP) is 7.56. The van der Waals surface area contributed by atoms with E-state index in [-0.39, 0.29) is 36.0 Å². The van der Waals surface area contributed by atoms with E-state index in [1.165, 1.54) is 4.90 Å². The van der Waals surface area contributed by atoms with Crippen molar-refractivity contribution in [1.29, 1.82) is 0 Å². The van der Waals surface area contributed by atoms with Gasteiger partial charge in [0.1, 0.15) is 0 Å². The number of Topliss-reactive ketones (excluding diaryl/α,β-unsaturated/α-hetero) is 1. The van der Waals surface area contributed by atoms with Crippen LogP contribution >= 0.6 is 15.9 Å². The van der Waals surface area contributed by atoms with Gasteiger partial charge in [0, 0.05) is 21.0 Å². The highest BCUT2D eigenvalue weighted by Gasteiger charge is 2.48. The van der Waals surface area contributed by atoms with Crippen molar-refractivity contribution >= 4 is 56.1 Å². The molecule has 0 spiro atoms. The lowest BCUT2D eigenvalue weighted by atomic mass is 9.81. The topological polar surface area (TPSA) is 93.6 Å². The molecule has 2 unspecified atom stereocenters. The molecule has 224 valence electrons. The summed E-state index contributed by atoms with van der Waals surface area (Å²) in [5.41, 5.74) is 6.28. The Hall–Kier alpha value is -4.17. The van der Waals surface area contributed by atoms with Crippen LogP contribution in [0.1, 0.15) is 70.0 Å². The molecular weight excluding hydrogens is 620 g/mol. The summed E-state index contributed by atoms with van der Waals surface area (Å²) in [6, 6.07) is 18.1. The Labute approximate surface area is 264 Å². The number of amides is 2. The first-order valence-corrected chi connectivity index (χ1v) is 15.8. The number of fused-ring (bicyclic) bond motifs is 2. The van der Waals surface area contributed by atoms with Crippen LogP contribution in [0.15, 0.2) is 65.1 Å². The molecule has 8 heteroatoms. The molecule has 1 aliphatic carbocycles. The number of benzene rings is 3. The van der Waals surface area contributed by atoms with Crippen molar-refractivity contribution in [2.75, 3.05) is 11.5 Å². The van der Waals surface area contributed by atoms with Gasteiger partial charge in [-0.05, 0) is 86.2 Å². The van der Waals surface area contributed by atoms with Crippen LogP contribution in [0.3, 0.4) is 0 Å². The fourth-order valence-electron chi connectivity index (χ4n) is 6.35. The summed E-state index contributed by atoms with van der Waals surface area (Å²) < 4.78 is 6.38. The Morgan fingerprint density at radius 1 is 0.909 bits per heavy atom. The van der Waals surface area contributed by atoms with Crippen LogP contribution in [0.4, 0.5) is 5.69 Å². The van der Waals surface area contributed by atoms with E-state index in [1.54, 1.807) is 30.3 Å². The van der Waals surface area contributed by atoms with Crippen molar-refractivity contribution < 1.29 is 23.9 Å². The van der Waals surface area contributed by atoms with E-state index in [1.807, 2.05) is 51.1 Å². The lowest BCUT2D eigenvalue weighted by molar-refractivity contribution is -0.122. The smallest absolute Gasteiger partial charge is 0.339 e. The van der Waals surface area contributed by atoms with Crippen LogP contribution < -0.4 is 4.90 Å². The van der Waals surface area contributed by atoms with Crippen molar-refractivity contribution in [2.45, 2.75) is 52.9 Å². The summed E-state index contributed by atoms with van der Waals surface area (Å²) >= 11 is 3.55. The molecule has 1 aromatic heterocycles. The molecule has 7 nitrogen and oxygen atoms in total. The molecule has 44 heavy (non-hydrogen) atoms. The van der Waals surface area contributed by atoms with Crippen molar-refractivity contribution in [2.24, 2.45) is 11.8 Å². The quantitative estimate of drug-likeness (QED) is 0.116. The van der Waals surface area contributed by atoms with E-state index in [2.05, 4.69) is 15.9 Å². The molecule has 2 heterocycles. The van der Waals surface area contributed by atoms with E-state index in [0.717, 1.165) is 52.4 Å². The molecule has 6 rings (SSSR count). The number of pyridine rings is 1. The van der Waals surface area contributed by atoms with Gasteiger partial charge < -0.3 is 4.74 Å². The molecule has 2 atom stereocenters. The van der Waals surface area contributed by atoms with Crippen molar-refractivity contribution in [3.05, 3.63) is 93.0 Å². The third-order valence-corrected chi connectivity index (χ3v) is 9.44. The van der Waals surface area contributed by atoms with Crippen molar-refractivity contribution in [3.8, 4) is 11.3 Å². The maximum Gasteiger partial charge on any atom is 0.339 e. The number of anilines is 1. The first-order chi connectivity index (χ1) is 21.2. The first-order valence-electron chi connectivity index (χ1n) is 15.0. The van der Waals surface area contributed by atoms with Crippen LogP contribution in [0.5, 0.6) is 0 Å². The molecule has 0 bridgehead atoms. The largest absolute Gasteiger partial charge is 0.454 e. The average molecular weight is 654 g/mol. The molecule has 2 aliphatic rings. The number of hydrogen-bond acceptors (Lipinski definition) is 6.